The van der Waals surface area contributed by atoms with E-state index in [1.54, 1.807) is 26.8 Å². The molecule has 0 aliphatic heterocycles. The van der Waals surface area contributed by atoms with E-state index in [1.165, 1.54) is 25.6 Å². The molecule has 2 rings (SSSR count). The summed E-state index contributed by atoms with van der Waals surface area (Å²) in [6.07, 6.45) is 2.74. The highest BCUT2D eigenvalue weighted by molar-refractivity contribution is 6.31. The van der Waals surface area contributed by atoms with E-state index in [-0.39, 0.29) is 12.2 Å². The number of carbonyl (C=O) groups is 2. The number of alkyl carbamates (subject to hydrolysis) is 1. The van der Waals surface area contributed by atoms with E-state index in [0.717, 1.165) is 5.56 Å². The maximum absolute atomic E-state index is 12.2. The number of hydrogen-bond donors (Lipinski definition) is 1. The van der Waals surface area contributed by atoms with Crippen LogP contribution in [0, 0.1) is 0 Å². The summed E-state index contributed by atoms with van der Waals surface area (Å²) >= 11 is 6.25. The lowest BCUT2D eigenvalue weighted by Gasteiger charge is -2.24. The summed E-state index contributed by atoms with van der Waals surface area (Å²) in [5, 5.41) is 3.41. The molecule has 1 atom stereocenters. The second-order valence-corrected chi connectivity index (χ2v) is 7.76. The van der Waals surface area contributed by atoms with Crippen molar-refractivity contribution in [3.63, 3.8) is 0 Å². The zero-order valence-corrected chi connectivity index (χ0v) is 17.7. The number of methoxy groups -OCH3 is 1. The highest BCUT2D eigenvalue weighted by atomic mass is 35.5. The fourth-order valence-electron chi connectivity index (χ4n) is 2.48. The molecule has 156 valence electrons. The zero-order valence-electron chi connectivity index (χ0n) is 16.9. The molecule has 0 radical (unpaired) electrons. The van der Waals surface area contributed by atoms with Gasteiger partial charge in [-0.25, -0.2) is 9.59 Å². The number of rotatable bonds is 7. The summed E-state index contributed by atoms with van der Waals surface area (Å²) in [6, 6.07) is 8.47. The zero-order chi connectivity index (χ0) is 21.4. The van der Waals surface area contributed by atoms with E-state index < -0.39 is 23.7 Å². The minimum Gasteiger partial charge on any atom is -0.490 e. The van der Waals surface area contributed by atoms with Crippen LogP contribution in [0.15, 0.2) is 42.7 Å². The number of nitrogens with zero attached hydrogens (tertiary/aromatic N) is 1. The predicted octanol–water partition coefficient (Wildman–Crippen LogP) is 4.04. The first-order valence-corrected chi connectivity index (χ1v) is 9.45. The summed E-state index contributed by atoms with van der Waals surface area (Å²) < 4.78 is 15.8. The molecular formula is C21H25ClN2O5. The first kappa shape index (κ1) is 22.5. The van der Waals surface area contributed by atoms with E-state index in [4.69, 9.17) is 21.1 Å². The number of esters is 1. The number of carbonyl (C=O) groups excluding carboxylic acids is 2. The Kier molecular flexibility index (Phi) is 7.84. The molecule has 29 heavy (non-hydrogen) atoms. The van der Waals surface area contributed by atoms with Gasteiger partial charge in [-0.2, -0.15) is 0 Å². The fraction of sp³-hybridized carbons (Fsp3) is 0.381. The van der Waals surface area contributed by atoms with Gasteiger partial charge in [-0.05, 0) is 44.9 Å². The van der Waals surface area contributed by atoms with Gasteiger partial charge in [0.25, 0.3) is 0 Å². The molecule has 1 N–H and O–H groups in total. The SMILES string of the molecule is COC(=O)c1cncc(OC[C@@H](Cc2ccccc2Cl)NC(=O)OC(C)(C)C)c1. The quantitative estimate of drug-likeness (QED) is 0.680. The Balaban J connectivity index is 2.11. The maximum Gasteiger partial charge on any atom is 0.408 e. The van der Waals surface area contributed by atoms with Crippen molar-refractivity contribution in [1.29, 1.82) is 0 Å². The molecule has 7 nitrogen and oxygen atoms in total. The third kappa shape index (κ3) is 7.62. The largest absolute Gasteiger partial charge is 0.490 e. The van der Waals surface area contributed by atoms with E-state index in [2.05, 4.69) is 15.0 Å². The summed E-state index contributed by atoms with van der Waals surface area (Å²) in [5.41, 5.74) is 0.506. The van der Waals surface area contributed by atoms with E-state index in [0.29, 0.717) is 17.2 Å². The van der Waals surface area contributed by atoms with Crippen molar-refractivity contribution in [1.82, 2.24) is 10.3 Å². The van der Waals surface area contributed by atoms with Crippen molar-refractivity contribution in [2.75, 3.05) is 13.7 Å². The van der Waals surface area contributed by atoms with Crippen LogP contribution in [0.5, 0.6) is 5.75 Å². The van der Waals surface area contributed by atoms with Gasteiger partial charge in [0.2, 0.25) is 0 Å². The Bertz CT molecular complexity index is 851. The smallest absolute Gasteiger partial charge is 0.408 e. The average molecular weight is 421 g/mol. The lowest BCUT2D eigenvalue weighted by Crippen LogP contribution is -2.43. The molecule has 0 aliphatic carbocycles. The van der Waals surface area contributed by atoms with Gasteiger partial charge in [0.1, 0.15) is 18.0 Å². The summed E-state index contributed by atoms with van der Waals surface area (Å²) in [7, 11) is 1.29. The highest BCUT2D eigenvalue weighted by Gasteiger charge is 2.21. The molecule has 0 saturated heterocycles. The van der Waals surface area contributed by atoms with Gasteiger partial charge in [-0.15, -0.1) is 0 Å². The Morgan fingerprint density at radius 2 is 1.93 bits per heavy atom. The topological polar surface area (TPSA) is 86.8 Å². The summed E-state index contributed by atoms with van der Waals surface area (Å²) in [4.78, 5) is 27.9. The molecule has 1 aromatic carbocycles. The number of hydrogen-bond acceptors (Lipinski definition) is 6. The van der Waals surface area contributed by atoms with E-state index >= 15 is 0 Å². The second-order valence-electron chi connectivity index (χ2n) is 7.35. The molecular weight excluding hydrogens is 396 g/mol. The molecule has 2 aromatic rings. The van der Waals surface area contributed by atoms with Crippen molar-refractivity contribution in [2.45, 2.75) is 38.8 Å². The number of halogens is 1. The van der Waals surface area contributed by atoms with E-state index in [1.807, 2.05) is 18.2 Å². The van der Waals surface area contributed by atoms with Gasteiger partial charge in [0, 0.05) is 11.2 Å². The molecule has 1 amide bonds. The van der Waals surface area contributed by atoms with Gasteiger partial charge in [-0.3, -0.25) is 4.98 Å². The minimum atomic E-state index is -0.626. The van der Waals surface area contributed by atoms with Crippen molar-refractivity contribution >= 4 is 23.7 Å². The van der Waals surface area contributed by atoms with Crippen molar-refractivity contribution in [3.05, 3.63) is 58.9 Å². The molecule has 0 saturated carbocycles. The lowest BCUT2D eigenvalue weighted by atomic mass is 10.1. The molecule has 8 heteroatoms. The van der Waals surface area contributed by atoms with Crippen LogP contribution in [0.25, 0.3) is 0 Å². The Morgan fingerprint density at radius 3 is 2.59 bits per heavy atom. The minimum absolute atomic E-state index is 0.122. The van der Waals surface area contributed by atoms with Gasteiger partial charge in [-0.1, -0.05) is 29.8 Å². The number of benzene rings is 1. The van der Waals surface area contributed by atoms with Crippen LogP contribution < -0.4 is 10.1 Å². The standard InChI is InChI=1S/C21H25ClN2O5/c1-21(2,3)29-20(26)24-16(9-14-7-5-6-8-18(14)22)13-28-17-10-15(11-23-12-17)19(25)27-4/h5-8,10-12,16H,9,13H2,1-4H3,(H,24,26)/t16-/m1/s1. The van der Waals surface area contributed by atoms with E-state index in [9.17, 15) is 9.59 Å². The highest BCUT2D eigenvalue weighted by Crippen LogP contribution is 2.18. The molecule has 0 spiro atoms. The molecule has 0 aliphatic rings. The predicted molar refractivity (Wildman–Crippen MR) is 109 cm³/mol. The van der Waals surface area contributed by atoms with Crippen molar-refractivity contribution in [2.24, 2.45) is 0 Å². The first-order valence-electron chi connectivity index (χ1n) is 9.07. The number of ether oxygens (including phenoxy) is 3. The van der Waals surface area contributed by atoms with Crippen molar-refractivity contribution < 1.29 is 23.8 Å². The van der Waals surface area contributed by atoms with Crippen LogP contribution in [-0.4, -0.2) is 42.4 Å². The molecule has 0 fully saturated rings. The first-order chi connectivity index (χ1) is 13.7. The number of amides is 1. The number of pyridine rings is 1. The Morgan fingerprint density at radius 1 is 1.21 bits per heavy atom. The third-order valence-electron chi connectivity index (χ3n) is 3.73. The Labute approximate surface area is 175 Å². The van der Waals surface area contributed by atoms with Crippen LogP contribution >= 0.6 is 11.6 Å². The molecule has 0 bridgehead atoms. The van der Waals surface area contributed by atoms with Crippen LogP contribution in [0.2, 0.25) is 5.02 Å². The van der Waals surface area contributed by atoms with Gasteiger partial charge in [0.15, 0.2) is 0 Å². The van der Waals surface area contributed by atoms with Crippen molar-refractivity contribution in [3.8, 4) is 5.75 Å². The third-order valence-corrected chi connectivity index (χ3v) is 4.10. The van der Waals surface area contributed by atoms with Gasteiger partial charge < -0.3 is 19.5 Å². The van der Waals surface area contributed by atoms with Gasteiger partial charge >= 0.3 is 12.1 Å². The second kappa shape index (κ2) is 10.1. The molecule has 0 unspecified atom stereocenters. The number of aromatic nitrogens is 1. The fourth-order valence-corrected chi connectivity index (χ4v) is 2.69. The lowest BCUT2D eigenvalue weighted by molar-refractivity contribution is 0.0487. The molecule has 1 heterocycles. The number of nitrogens with one attached hydrogen (secondary N) is 1. The Hall–Kier alpha value is -2.80. The van der Waals surface area contributed by atoms with Crippen LogP contribution in [0.1, 0.15) is 36.7 Å². The molecule has 1 aromatic heterocycles. The monoisotopic (exact) mass is 420 g/mol. The van der Waals surface area contributed by atoms with Gasteiger partial charge in [0.05, 0.1) is 24.9 Å². The summed E-state index contributed by atoms with van der Waals surface area (Å²) in [5.74, 6) is -0.134. The average Bonchev–Trinajstić information content (AvgIpc) is 2.66. The summed E-state index contributed by atoms with van der Waals surface area (Å²) in [6.45, 7) is 5.49. The van der Waals surface area contributed by atoms with Crippen LogP contribution in [0.4, 0.5) is 4.79 Å². The van der Waals surface area contributed by atoms with Crippen LogP contribution in [-0.2, 0) is 15.9 Å². The normalized spacial score (nSPS) is 12.0. The van der Waals surface area contributed by atoms with Crippen LogP contribution in [0.3, 0.4) is 0 Å². The maximum atomic E-state index is 12.2.